The Morgan fingerprint density at radius 2 is 1.77 bits per heavy atom. The van der Waals surface area contributed by atoms with Crippen LogP contribution in [0.4, 0.5) is 0 Å². The van der Waals surface area contributed by atoms with E-state index in [0.717, 1.165) is 23.3 Å². The van der Waals surface area contributed by atoms with Crippen molar-refractivity contribution in [2.75, 3.05) is 20.8 Å². The van der Waals surface area contributed by atoms with Crippen LogP contribution in [-0.4, -0.2) is 71.1 Å². The molecule has 0 radical (unpaired) electrons. The maximum atomic E-state index is 12.8. The van der Waals surface area contributed by atoms with Crippen LogP contribution in [0.25, 0.3) is 0 Å². The Balaban J connectivity index is 2.87. The zero-order chi connectivity index (χ0) is 23.2. The maximum absolute atomic E-state index is 12.8. The number of hydrogen-bond donors (Lipinski definition) is 1. The highest BCUT2D eigenvalue weighted by Gasteiger charge is 2.32. The van der Waals surface area contributed by atoms with E-state index in [9.17, 15) is 24.4 Å². The van der Waals surface area contributed by atoms with Crippen LogP contribution < -0.4 is 0 Å². The third-order valence-electron chi connectivity index (χ3n) is 4.70. The predicted molar refractivity (Wildman–Crippen MR) is 113 cm³/mol. The van der Waals surface area contributed by atoms with Crippen molar-refractivity contribution in [3.63, 3.8) is 0 Å². The minimum absolute atomic E-state index is 0.0108. The van der Waals surface area contributed by atoms with E-state index in [1.165, 1.54) is 4.90 Å². The number of benzene rings is 1. The van der Waals surface area contributed by atoms with Gasteiger partial charge in [0.05, 0.1) is 0 Å². The molecule has 1 N–H and O–H groups in total. The van der Waals surface area contributed by atoms with Gasteiger partial charge in [-0.3, -0.25) is 24.4 Å². The lowest BCUT2D eigenvalue weighted by atomic mass is 10.1. The fraction of sp³-hybridized carbons (Fsp3) is 0.545. The molecule has 0 saturated carbocycles. The molecule has 0 unspecified atom stereocenters. The molecule has 0 heterocycles. The van der Waals surface area contributed by atoms with Crippen molar-refractivity contribution in [2.24, 2.45) is 0 Å². The molecular formula is C22H33N3O6. The normalized spacial score (nSPS) is 11.4. The van der Waals surface area contributed by atoms with E-state index in [0.29, 0.717) is 11.5 Å². The van der Waals surface area contributed by atoms with E-state index in [-0.39, 0.29) is 38.2 Å². The lowest BCUT2D eigenvalue weighted by molar-refractivity contribution is -0.170. The maximum Gasteiger partial charge on any atom is 0.306 e. The molecule has 0 bridgehead atoms. The number of carbonyl (C=O) groups is 4. The monoisotopic (exact) mass is 435 g/mol. The first-order chi connectivity index (χ1) is 14.8. The molecule has 0 aliphatic carbocycles. The van der Waals surface area contributed by atoms with Crippen LogP contribution in [-0.2, 0) is 30.5 Å². The van der Waals surface area contributed by atoms with Crippen LogP contribution in [0.5, 0.6) is 0 Å². The zero-order valence-electron chi connectivity index (χ0n) is 18.5. The molecule has 0 aliphatic heterocycles. The number of amides is 3. The molecule has 0 aliphatic rings. The summed E-state index contributed by atoms with van der Waals surface area (Å²) < 4.78 is 5.26. The minimum Gasteiger partial charge on any atom is -0.461 e. The van der Waals surface area contributed by atoms with Gasteiger partial charge in [-0.1, -0.05) is 50.1 Å². The largest absolute Gasteiger partial charge is 0.461 e. The van der Waals surface area contributed by atoms with Crippen LogP contribution in [0.2, 0.25) is 0 Å². The second-order valence-corrected chi connectivity index (χ2v) is 7.44. The minimum atomic E-state index is -1.01. The van der Waals surface area contributed by atoms with Crippen LogP contribution >= 0.6 is 0 Å². The molecule has 9 nitrogen and oxygen atoms in total. The first-order valence-corrected chi connectivity index (χ1v) is 10.4. The van der Waals surface area contributed by atoms with Crippen molar-refractivity contribution in [3.8, 4) is 0 Å². The van der Waals surface area contributed by atoms with Crippen molar-refractivity contribution < 1.29 is 29.1 Å². The summed E-state index contributed by atoms with van der Waals surface area (Å²) in [6, 6.07) is 8.19. The SMILES string of the molecule is CCCCCC(=O)N(CN(O)C=O)[C@@H](CCC(=O)OCc1ccccc1)C(=O)N(C)C. The van der Waals surface area contributed by atoms with Gasteiger partial charge in [0.2, 0.25) is 18.2 Å². The summed E-state index contributed by atoms with van der Waals surface area (Å²) in [7, 11) is 3.08. The Bertz CT molecular complexity index is 710. The number of esters is 1. The fourth-order valence-corrected chi connectivity index (χ4v) is 2.99. The van der Waals surface area contributed by atoms with Crippen LogP contribution in [0.3, 0.4) is 0 Å². The van der Waals surface area contributed by atoms with Gasteiger partial charge in [-0.2, -0.15) is 0 Å². The van der Waals surface area contributed by atoms with E-state index in [2.05, 4.69) is 0 Å². The van der Waals surface area contributed by atoms with Gasteiger partial charge in [-0.05, 0) is 18.4 Å². The molecule has 0 saturated heterocycles. The quantitative estimate of drug-likeness (QED) is 0.120. The van der Waals surface area contributed by atoms with Crippen molar-refractivity contribution in [3.05, 3.63) is 35.9 Å². The number of ether oxygens (including phenoxy) is 1. The summed E-state index contributed by atoms with van der Waals surface area (Å²) in [5, 5.41) is 9.97. The average molecular weight is 436 g/mol. The molecule has 31 heavy (non-hydrogen) atoms. The smallest absolute Gasteiger partial charge is 0.306 e. The third-order valence-corrected chi connectivity index (χ3v) is 4.70. The average Bonchev–Trinajstić information content (AvgIpc) is 2.77. The van der Waals surface area contributed by atoms with E-state index >= 15 is 0 Å². The van der Waals surface area contributed by atoms with Gasteiger partial charge >= 0.3 is 5.97 Å². The lowest BCUT2D eigenvalue weighted by Gasteiger charge is -2.33. The van der Waals surface area contributed by atoms with Crippen molar-refractivity contribution in [1.82, 2.24) is 14.9 Å². The van der Waals surface area contributed by atoms with Gasteiger partial charge in [0.1, 0.15) is 19.3 Å². The molecule has 172 valence electrons. The van der Waals surface area contributed by atoms with Crippen molar-refractivity contribution in [2.45, 2.75) is 58.1 Å². The number of hydroxylamine groups is 2. The van der Waals surface area contributed by atoms with Gasteiger partial charge in [-0.25, -0.2) is 5.06 Å². The summed E-state index contributed by atoms with van der Waals surface area (Å²) >= 11 is 0. The third kappa shape index (κ3) is 9.61. The molecule has 1 aromatic carbocycles. The van der Waals surface area contributed by atoms with Crippen LogP contribution in [0.1, 0.15) is 51.0 Å². The highest BCUT2D eigenvalue weighted by Crippen LogP contribution is 2.15. The molecule has 1 atom stereocenters. The molecule has 0 aromatic heterocycles. The summed E-state index contributed by atoms with van der Waals surface area (Å²) in [5.74, 6) is -1.28. The molecule has 9 heteroatoms. The first kappa shape index (κ1) is 26.1. The van der Waals surface area contributed by atoms with E-state index in [1.54, 1.807) is 14.1 Å². The number of nitrogens with zero attached hydrogens (tertiary/aromatic N) is 3. The molecule has 1 rings (SSSR count). The number of likely N-dealkylation sites (N-methyl/N-ethyl adjacent to an activating group) is 1. The number of rotatable bonds is 14. The summed E-state index contributed by atoms with van der Waals surface area (Å²) in [5.41, 5.74) is 0.839. The zero-order valence-corrected chi connectivity index (χ0v) is 18.5. The van der Waals surface area contributed by atoms with Crippen molar-refractivity contribution >= 4 is 24.2 Å². The second-order valence-electron chi connectivity index (χ2n) is 7.44. The number of unbranched alkanes of at least 4 members (excludes halogenated alkanes) is 2. The Morgan fingerprint density at radius 3 is 2.35 bits per heavy atom. The highest BCUT2D eigenvalue weighted by molar-refractivity contribution is 5.88. The Hall–Kier alpha value is -2.94. The number of carbonyl (C=O) groups excluding carboxylic acids is 4. The Kier molecular flexibility index (Phi) is 11.9. The van der Waals surface area contributed by atoms with Gasteiger partial charge in [0, 0.05) is 26.9 Å². The number of hydrogen-bond acceptors (Lipinski definition) is 6. The van der Waals surface area contributed by atoms with Gasteiger partial charge in [-0.15, -0.1) is 0 Å². The highest BCUT2D eigenvalue weighted by atomic mass is 16.5. The topological polar surface area (TPSA) is 107 Å². The van der Waals surface area contributed by atoms with Crippen LogP contribution in [0, 0.1) is 0 Å². The van der Waals surface area contributed by atoms with Gasteiger partial charge in [0.15, 0.2) is 0 Å². The van der Waals surface area contributed by atoms with Gasteiger partial charge in [0.25, 0.3) is 0 Å². The van der Waals surface area contributed by atoms with Crippen LogP contribution in [0.15, 0.2) is 30.3 Å². The van der Waals surface area contributed by atoms with E-state index in [4.69, 9.17) is 4.74 Å². The Morgan fingerprint density at radius 1 is 1.10 bits per heavy atom. The molecular weight excluding hydrogens is 402 g/mol. The van der Waals surface area contributed by atoms with E-state index in [1.807, 2.05) is 37.3 Å². The molecule has 1 aromatic rings. The summed E-state index contributed by atoms with van der Waals surface area (Å²) in [6.45, 7) is 1.66. The summed E-state index contributed by atoms with van der Waals surface area (Å²) in [4.78, 5) is 51.1. The standard InChI is InChI=1S/C22H33N3O6/c1-4-5-7-12-20(27)25(16-24(30)17-26)19(22(29)23(2)3)13-14-21(28)31-15-18-10-8-6-9-11-18/h6,8-11,17,19,30H,4-5,7,12-16H2,1-3H3/t19-/m0/s1. The summed E-state index contributed by atoms with van der Waals surface area (Å²) in [6.07, 6.45) is 2.64. The van der Waals surface area contributed by atoms with E-state index < -0.39 is 24.6 Å². The van der Waals surface area contributed by atoms with Crippen molar-refractivity contribution in [1.29, 1.82) is 0 Å². The van der Waals surface area contributed by atoms with Gasteiger partial charge < -0.3 is 14.5 Å². The molecule has 3 amide bonds. The fourth-order valence-electron chi connectivity index (χ4n) is 2.99. The molecule has 0 spiro atoms. The predicted octanol–water partition coefficient (Wildman–Crippen LogP) is 2.18. The first-order valence-electron chi connectivity index (χ1n) is 10.4. The Labute approximate surface area is 183 Å². The lowest BCUT2D eigenvalue weighted by Crippen LogP contribution is -2.52. The second kappa shape index (κ2) is 14.1. The molecule has 0 fully saturated rings.